The van der Waals surface area contributed by atoms with Gasteiger partial charge in [-0.3, -0.25) is 4.90 Å². The van der Waals surface area contributed by atoms with Crippen LogP contribution in [-0.2, 0) is 4.74 Å². The van der Waals surface area contributed by atoms with Crippen molar-refractivity contribution in [3.05, 3.63) is 0 Å². The third-order valence-corrected chi connectivity index (χ3v) is 4.09. The second-order valence-corrected chi connectivity index (χ2v) is 5.69. The van der Waals surface area contributed by atoms with Crippen LogP contribution in [0.4, 0.5) is 0 Å². The highest BCUT2D eigenvalue weighted by molar-refractivity contribution is 4.71. The lowest BCUT2D eigenvalue weighted by molar-refractivity contribution is -0.0177. The zero-order chi connectivity index (χ0) is 11.9. The van der Waals surface area contributed by atoms with Gasteiger partial charge in [0.15, 0.2) is 0 Å². The monoisotopic (exact) mass is 240 g/mol. The average Bonchev–Trinajstić information content (AvgIpc) is 2.36. The van der Waals surface area contributed by atoms with Crippen molar-refractivity contribution in [2.24, 2.45) is 5.92 Å². The van der Waals surface area contributed by atoms with Crippen LogP contribution in [-0.4, -0.2) is 50.3 Å². The molecule has 1 aliphatic carbocycles. The van der Waals surface area contributed by atoms with Crippen molar-refractivity contribution in [3.8, 4) is 0 Å². The van der Waals surface area contributed by atoms with Crippen LogP contribution in [0.3, 0.4) is 0 Å². The van der Waals surface area contributed by atoms with Crippen LogP contribution >= 0.6 is 0 Å². The quantitative estimate of drug-likeness (QED) is 0.743. The first-order chi connectivity index (χ1) is 8.34. The number of ether oxygens (including phenoxy) is 1. The molecule has 3 heteroatoms. The van der Waals surface area contributed by atoms with E-state index in [1.807, 2.05) is 0 Å². The molecule has 0 aromatic rings. The molecule has 0 aromatic carbocycles. The molecule has 1 atom stereocenters. The van der Waals surface area contributed by atoms with Gasteiger partial charge in [-0.1, -0.05) is 19.3 Å². The van der Waals surface area contributed by atoms with Crippen molar-refractivity contribution in [1.29, 1.82) is 0 Å². The van der Waals surface area contributed by atoms with Crippen LogP contribution in [0, 0.1) is 5.92 Å². The van der Waals surface area contributed by atoms with E-state index in [2.05, 4.69) is 17.1 Å². The molecule has 0 bridgehead atoms. The summed E-state index contributed by atoms with van der Waals surface area (Å²) in [5.74, 6) is 0.951. The van der Waals surface area contributed by atoms with Crippen LogP contribution in [0.1, 0.15) is 39.0 Å². The molecule has 1 saturated carbocycles. The lowest BCUT2D eigenvalue weighted by atomic mass is 9.89. The van der Waals surface area contributed by atoms with E-state index in [0.717, 1.165) is 32.2 Å². The van der Waals surface area contributed by atoms with Crippen molar-refractivity contribution < 1.29 is 4.74 Å². The zero-order valence-corrected chi connectivity index (χ0v) is 11.3. The van der Waals surface area contributed by atoms with E-state index in [4.69, 9.17) is 4.74 Å². The Bertz CT molecular complexity index is 204. The molecule has 1 N–H and O–H groups in total. The van der Waals surface area contributed by atoms with Gasteiger partial charge in [-0.25, -0.2) is 0 Å². The molecule has 1 unspecified atom stereocenters. The number of nitrogens with one attached hydrogen (secondary N) is 1. The third kappa shape index (κ3) is 4.94. The summed E-state index contributed by atoms with van der Waals surface area (Å²) in [6, 6.07) is 0. The van der Waals surface area contributed by atoms with Crippen molar-refractivity contribution in [1.82, 2.24) is 10.2 Å². The fourth-order valence-electron chi connectivity index (χ4n) is 3.03. The Hall–Kier alpha value is -0.120. The number of hydrogen-bond donors (Lipinski definition) is 1. The van der Waals surface area contributed by atoms with Crippen LogP contribution in [0.5, 0.6) is 0 Å². The van der Waals surface area contributed by atoms with Crippen molar-refractivity contribution in [2.45, 2.75) is 45.1 Å². The number of hydrogen-bond acceptors (Lipinski definition) is 3. The molecule has 2 rings (SSSR count). The van der Waals surface area contributed by atoms with Gasteiger partial charge in [-0.15, -0.1) is 0 Å². The minimum atomic E-state index is 0.419. The first-order valence-electron chi connectivity index (χ1n) is 7.39. The predicted octanol–water partition coefficient (Wildman–Crippen LogP) is 1.88. The highest BCUT2D eigenvalue weighted by atomic mass is 16.5. The Kier molecular flexibility index (Phi) is 5.75. The van der Waals surface area contributed by atoms with Gasteiger partial charge in [-0.2, -0.15) is 0 Å². The molecular formula is C14H28N2O. The molecular weight excluding hydrogens is 212 g/mol. The number of nitrogens with zero attached hydrogens (tertiary/aromatic N) is 1. The summed E-state index contributed by atoms with van der Waals surface area (Å²) in [6.07, 6.45) is 7.67. The Morgan fingerprint density at radius 1 is 1.24 bits per heavy atom. The highest BCUT2D eigenvalue weighted by Gasteiger charge is 2.16. The van der Waals surface area contributed by atoms with E-state index in [9.17, 15) is 0 Å². The molecule has 17 heavy (non-hydrogen) atoms. The van der Waals surface area contributed by atoms with E-state index >= 15 is 0 Å². The topological polar surface area (TPSA) is 24.5 Å². The predicted molar refractivity (Wildman–Crippen MR) is 71.3 cm³/mol. The van der Waals surface area contributed by atoms with Gasteiger partial charge < -0.3 is 10.1 Å². The molecule has 1 aliphatic heterocycles. The lowest BCUT2D eigenvalue weighted by Gasteiger charge is -2.31. The van der Waals surface area contributed by atoms with E-state index in [1.165, 1.54) is 45.2 Å². The SMILES string of the molecule is CC1CN(CCNCC2CCCCC2)CCO1. The van der Waals surface area contributed by atoms with E-state index in [0.29, 0.717) is 6.10 Å². The first kappa shape index (κ1) is 13.3. The van der Waals surface area contributed by atoms with Gasteiger partial charge in [-0.05, 0) is 32.2 Å². The van der Waals surface area contributed by atoms with Gasteiger partial charge in [0.25, 0.3) is 0 Å². The second-order valence-electron chi connectivity index (χ2n) is 5.69. The maximum atomic E-state index is 5.55. The van der Waals surface area contributed by atoms with Crippen LogP contribution in [0.25, 0.3) is 0 Å². The largest absolute Gasteiger partial charge is 0.376 e. The van der Waals surface area contributed by atoms with Crippen LogP contribution in [0.2, 0.25) is 0 Å². The molecule has 0 aromatic heterocycles. The normalized spacial score (nSPS) is 28.4. The fraction of sp³-hybridized carbons (Fsp3) is 1.00. The van der Waals surface area contributed by atoms with Gasteiger partial charge in [0, 0.05) is 26.2 Å². The summed E-state index contributed by atoms with van der Waals surface area (Å²) in [6.45, 7) is 8.84. The zero-order valence-electron chi connectivity index (χ0n) is 11.3. The molecule has 3 nitrogen and oxygen atoms in total. The summed E-state index contributed by atoms with van der Waals surface area (Å²) < 4.78 is 5.55. The molecule has 1 saturated heterocycles. The Morgan fingerprint density at radius 3 is 2.82 bits per heavy atom. The molecule has 1 heterocycles. The maximum absolute atomic E-state index is 5.55. The average molecular weight is 240 g/mol. The summed E-state index contributed by atoms with van der Waals surface area (Å²) in [7, 11) is 0. The van der Waals surface area contributed by atoms with Gasteiger partial charge in [0.05, 0.1) is 12.7 Å². The van der Waals surface area contributed by atoms with Gasteiger partial charge in [0.1, 0.15) is 0 Å². The van der Waals surface area contributed by atoms with E-state index in [1.54, 1.807) is 0 Å². The third-order valence-electron chi connectivity index (χ3n) is 4.09. The summed E-state index contributed by atoms with van der Waals surface area (Å²) in [5, 5.41) is 3.63. The summed E-state index contributed by atoms with van der Waals surface area (Å²) >= 11 is 0. The molecule has 2 fully saturated rings. The van der Waals surface area contributed by atoms with Crippen molar-refractivity contribution in [2.75, 3.05) is 39.3 Å². The van der Waals surface area contributed by atoms with Gasteiger partial charge >= 0.3 is 0 Å². The van der Waals surface area contributed by atoms with Crippen molar-refractivity contribution in [3.63, 3.8) is 0 Å². The van der Waals surface area contributed by atoms with E-state index < -0.39 is 0 Å². The first-order valence-corrected chi connectivity index (χ1v) is 7.39. The molecule has 2 aliphatic rings. The van der Waals surface area contributed by atoms with Crippen LogP contribution in [0.15, 0.2) is 0 Å². The van der Waals surface area contributed by atoms with Crippen molar-refractivity contribution >= 4 is 0 Å². The number of morpholine rings is 1. The van der Waals surface area contributed by atoms with E-state index in [-0.39, 0.29) is 0 Å². The molecule has 0 radical (unpaired) electrons. The Labute approximate surface area is 106 Å². The maximum Gasteiger partial charge on any atom is 0.0674 e. The molecule has 0 spiro atoms. The van der Waals surface area contributed by atoms with Crippen LogP contribution < -0.4 is 5.32 Å². The Balaban J connectivity index is 1.50. The van der Waals surface area contributed by atoms with Gasteiger partial charge in [0.2, 0.25) is 0 Å². The summed E-state index contributed by atoms with van der Waals surface area (Å²) in [5.41, 5.74) is 0. The fourth-order valence-corrected chi connectivity index (χ4v) is 3.03. The Morgan fingerprint density at radius 2 is 2.06 bits per heavy atom. The highest BCUT2D eigenvalue weighted by Crippen LogP contribution is 2.22. The lowest BCUT2D eigenvalue weighted by Crippen LogP contribution is -2.44. The standard InChI is InChI=1S/C14H28N2O/c1-13-12-16(9-10-17-13)8-7-15-11-14-5-3-2-4-6-14/h13-15H,2-12H2,1H3. The molecule has 100 valence electrons. The molecule has 0 amide bonds. The minimum absolute atomic E-state index is 0.419. The minimum Gasteiger partial charge on any atom is -0.376 e. The number of rotatable bonds is 5. The summed E-state index contributed by atoms with van der Waals surface area (Å²) in [4.78, 5) is 2.52. The smallest absolute Gasteiger partial charge is 0.0674 e. The second kappa shape index (κ2) is 7.34.